The normalized spacial score (nSPS) is 9.70. The van der Waals surface area contributed by atoms with Gasteiger partial charge in [0.25, 0.3) is 11.4 Å². The Morgan fingerprint density at radius 3 is 1.50 bits per heavy atom. The molecule has 10 heavy (non-hydrogen) atoms. The summed E-state index contributed by atoms with van der Waals surface area (Å²) >= 11 is -2.61. The molecule has 7 heteroatoms. The first-order chi connectivity index (χ1) is 4.29. The van der Waals surface area contributed by atoms with Crippen molar-refractivity contribution in [2.24, 2.45) is 0 Å². The van der Waals surface area contributed by atoms with Crippen LogP contribution >= 0.6 is 0 Å². The molecular weight excluding hydrogens is 173 g/mol. The van der Waals surface area contributed by atoms with E-state index in [1.54, 1.807) is 0 Å². The smallest absolute Gasteiger partial charge is 0.284 e. The second-order valence-electron chi connectivity index (χ2n) is 0.873. The van der Waals surface area contributed by atoms with Gasteiger partial charge in [0, 0.05) is 5.92 Å². The van der Waals surface area contributed by atoms with E-state index in [0.717, 1.165) is 0 Å². The van der Waals surface area contributed by atoms with E-state index in [1.807, 2.05) is 0 Å². The number of rotatable bonds is 0. The average Bonchev–Trinajstić information content (AvgIpc) is 1.63. The zero-order valence-electron chi connectivity index (χ0n) is 4.42. The molecule has 0 saturated carbocycles. The summed E-state index contributed by atoms with van der Waals surface area (Å²) in [4.78, 5) is 0. The topological polar surface area (TPSA) is 57.5 Å². The molecule has 0 spiro atoms. The fraction of sp³-hybridized carbons (Fsp3) is 0.333. The van der Waals surface area contributed by atoms with E-state index < -0.39 is 17.5 Å². The average molecular weight is 176 g/mol. The standard InChI is InChI=1S/C3HF3.H2O3S/c1-2-3(4,5)6;1-4(2)3/h1H;(H2,1,2,3). The maximum Gasteiger partial charge on any atom is 0.457 e. The molecule has 0 aliphatic heterocycles. The lowest BCUT2D eigenvalue weighted by Crippen LogP contribution is -1.99. The van der Waals surface area contributed by atoms with Crippen molar-refractivity contribution in [3.05, 3.63) is 0 Å². The molecule has 0 saturated heterocycles. The highest BCUT2D eigenvalue weighted by atomic mass is 32.2. The minimum Gasteiger partial charge on any atom is -0.284 e. The van der Waals surface area contributed by atoms with Crippen molar-refractivity contribution in [2.45, 2.75) is 6.18 Å². The molecule has 0 aliphatic rings. The quantitative estimate of drug-likeness (QED) is 0.425. The highest BCUT2D eigenvalue weighted by Crippen LogP contribution is 2.10. The molecule has 0 fully saturated rings. The third-order valence-corrected chi connectivity index (χ3v) is 0.164. The lowest BCUT2D eigenvalue weighted by molar-refractivity contribution is -0.0695. The summed E-state index contributed by atoms with van der Waals surface area (Å²) in [5.41, 5.74) is 0. The summed E-state index contributed by atoms with van der Waals surface area (Å²) in [6.45, 7) is 0. The predicted octanol–water partition coefficient (Wildman–Crippen LogP) is 0.863. The molecule has 2 N–H and O–H groups in total. The van der Waals surface area contributed by atoms with Gasteiger partial charge in [0.05, 0.1) is 0 Å². The highest BCUT2D eigenvalue weighted by molar-refractivity contribution is 7.73. The van der Waals surface area contributed by atoms with Gasteiger partial charge in [0.1, 0.15) is 0 Å². The molecule has 0 heterocycles. The van der Waals surface area contributed by atoms with Gasteiger partial charge in [0.15, 0.2) is 0 Å². The Hall–Kier alpha value is -0.580. The Morgan fingerprint density at radius 2 is 1.50 bits per heavy atom. The van der Waals surface area contributed by atoms with Crippen LogP contribution in [0.3, 0.4) is 0 Å². The SMILES string of the molecule is C#CC(F)(F)F.O=S(O)O. The van der Waals surface area contributed by atoms with Gasteiger partial charge in [-0.2, -0.15) is 17.4 Å². The number of hydrogen-bond acceptors (Lipinski definition) is 1. The van der Waals surface area contributed by atoms with Crippen LogP contribution < -0.4 is 0 Å². The van der Waals surface area contributed by atoms with Gasteiger partial charge in [-0.3, -0.25) is 9.11 Å². The summed E-state index contributed by atoms with van der Waals surface area (Å²) in [6.07, 6.45) is -0.500. The minimum absolute atomic E-state index is 0.604. The Balaban J connectivity index is 0. The van der Waals surface area contributed by atoms with Crippen LogP contribution in [-0.2, 0) is 11.4 Å². The van der Waals surface area contributed by atoms with E-state index in [9.17, 15) is 13.2 Å². The molecule has 60 valence electrons. The number of hydrogen-bond donors (Lipinski definition) is 2. The minimum atomic E-state index is -4.43. The third kappa shape index (κ3) is 52.2. The first kappa shape index (κ1) is 12.1. The fourth-order valence-electron chi connectivity index (χ4n) is 0. The molecule has 0 amide bonds. The lowest BCUT2D eigenvalue weighted by Gasteiger charge is -1.88. The maximum atomic E-state index is 10.5. The molecule has 0 bridgehead atoms. The van der Waals surface area contributed by atoms with E-state index in [1.165, 1.54) is 0 Å². The third-order valence-electron chi connectivity index (χ3n) is 0.164. The first-order valence-electron chi connectivity index (χ1n) is 1.64. The zero-order valence-corrected chi connectivity index (χ0v) is 5.24. The van der Waals surface area contributed by atoms with Crippen molar-refractivity contribution < 1.29 is 26.5 Å². The van der Waals surface area contributed by atoms with Crippen LogP contribution in [0, 0.1) is 12.3 Å². The Labute approximate surface area is 57.4 Å². The van der Waals surface area contributed by atoms with Gasteiger partial charge in [0.2, 0.25) is 0 Å². The van der Waals surface area contributed by atoms with Crippen LogP contribution in [0.15, 0.2) is 0 Å². The van der Waals surface area contributed by atoms with Crippen LogP contribution in [0.4, 0.5) is 13.2 Å². The first-order valence-corrected chi connectivity index (χ1v) is 2.70. The van der Waals surface area contributed by atoms with E-state index in [0.29, 0.717) is 5.92 Å². The second-order valence-corrected chi connectivity index (χ2v) is 1.33. The molecule has 0 atom stereocenters. The molecule has 0 aromatic heterocycles. The van der Waals surface area contributed by atoms with E-state index in [-0.39, 0.29) is 0 Å². The van der Waals surface area contributed by atoms with Gasteiger partial charge in [-0.1, -0.05) is 0 Å². The molecule has 3 nitrogen and oxygen atoms in total. The highest BCUT2D eigenvalue weighted by Gasteiger charge is 2.21. The summed E-state index contributed by atoms with van der Waals surface area (Å²) in [5, 5.41) is 0. The fourth-order valence-corrected chi connectivity index (χ4v) is 0. The summed E-state index contributed by atoms with van der Waals surface area (Å²) in [7, 11) is 0. The van der Waals surface area contributed by atoms with Gasteiger partial charge >= 0.3 is 6.18 Å². The van der Waals surface area contributed by atoms with E-state index in [2.05, 4.69) is 6.42 Å². The molecule has 0 radical (unpaired) electrons. The molecule has 0 aromatic rings. The van der Waals surface area contributed by atoms with Gasteiger partial charge in [-0.25, -0.2) is 0 Å². The van der Waals surface area contributed by atoms with Gasteiger partial charge in [-0.05, 0) is 0 Å². The van der Waals surface area contributed by atoms with Crippen molar-refractivity contribution in [3.8, 4) is 12.3 Å². The second kappa shape index (κ2) is 5.22. The predicted molar refractivity (Wildman–Crippen MR) is 28.3 cm³/mol. The van der Waals surface area contributed by atoms with Crippen molar-refractivity contribution >= 4 is 11.4 Å². The van der Waals surface area contributed by atoms with E-state index in [4.69, 9.17) is 13.3 Å². The Kier molecular flexibility index (Phi) is 6.34. The van der Waals surface area contributed by atoms with Crippen LogP contribution in [0.1, 0.15) is 0 Å². The van der Waals surface area contributed by atoms with Crippen LogP contribution in [0.5, 0.6) is 0 Å². The number of terminal acetylenes is 1. The van der Waals surface area contributed by atoms with Crippen molar-refractivity contribution in [2.75, 3.05) is 0 Å². The van der Waals surface area contributed by atoms with Gasteiger partial charge in [-0.15, -0.1) is 6.42 Å². The van der Waals surface area contributed by atoms with Crippen LogP contribution in [0.2, 0.25) is 0 Å². The van der Waals surface area contributed by atoms with Gasteiger partial charge < -0.3 is 0 Å². The monoisotopic (exact) mass is 176 g/mol. The van der Waals surface area contributed by atoms with E-state index >= 15 is 0 Å². The molecule has 0 aromatic carbocycles. The zero-order chi connectivity index (χ0) is 8.78. The Morgan fingerprint density at radius 1 is 1.40 bits per heavy atom. The summed E-state index contributed by atoms with van der Waals surface area (Å²) in [6, 6.07) is 0. The molecule has 0 rings (SSSR count). The van der Waals surface area contributed by atoms with Crippen LogP contribution in [-0.4, -0.2) is 19.5 Å². The van der Waals surface area contributed by atoms with Crippen molar-refractivity contribution in [3.63, 3.8) is 0 Å². The summed E-state index contributed by atoms with van der Waals surface area (Å²) < 4.78 is 54.5. The summed E-state index contributed by atoms with van der Waals surface area (Å²) in [5.74, 6) is 0.604. The molecule has 0 unspecified atom stereocenters. The van der Waals surface area contributed by atoms with Crippen molar-refractivity contribution in [1.29, 1.82) is 0 Å². The largest absolute Gasteiger partial charge is 0.457 e. The van der Waals surface area contributed by atoms with Crippen LogP contribution in [0.25, 0.3) is 0 Å². The lowest BCUT2D eigenvalue weighted by atomic mass is 10.7. The molecular formula is C3H3F3O3S. The maximum absolute atomic E-state index is 10.5. The molecule has 0 aliphatic carbocycles. The number of halogens is 3. The Bertz CT molecular complexity index is 142. The van der Waals surface area contributed by atoms with Crippen molar-refractivity contribution in [1.82, 2.24) is 0 Å². The number of alkyl halides is 3.